The summed E-state index contributed by atoms with van der Waals surface area (Å²) in [6.45, 7) is 7.90. The van der Waals surface area contributed by atoms with Crippen LogP contribution in [0.25, 0.3) is 0 Å². The van der Waals surface area contributed by atoms with Crippen LogP contribution in [0.15, 0.2) is 11.4 Å². The molecule has 2 rings (SSSR count). The fourth-order valence-corrected chi connectivity index (χ4v) is 3.99. The molecule has 1 aromatic heterocycles. The molecule has 0 radical (unpaired) electrons. The first-order valence-electron chi connectivity index (χ1n) is 6.66. The third-order valence-corrected chi connectivity index (χ3v) is 5.17. The van der Waals surface area contributed by atoms with Gasteiger partial charge in [0.15, 0.2) is 0 Å². The lowest BCUT2D eigenvalue weighted by atomic mass is 9.94. The molecule has 2 nitrogen and oxygen atoms in total. The number of hydrogen-bond donors (Lipinski definition) is 1. The van der Waals surface area contributed by atoms with E-state index in [2.05, 4.69) is 37.1 Å². The molecule has 2 heterocycles. The molecule has 3 heteroatoms. The molecule has 1 aliphatic rings. The zero-order valence-corrected chi connectivity index (χ0v) is 12.0. The normalized spacial score (nSPS) is 25.8. The summed E-state index contributed by atoms with van der Waals surface area (Å²) < 4.78 is 0. The van der Waals surface area contributed by atoms with E-state index in [1.54, 1.807) is 0 Å². The molecular weight excluding hydrogens is 228 g/mol. The van der Waals surface area contributed by atoms with Crippen LogP contribution in [0.4, 0.5) is 0 Å². The Morgan fingerprint density at radius 3 is 2.76 bits per heavy atom. The van der Waals surface area contributed by atoms with E-state index in [0.29, 0.717) is 12.1 Å². The van der Waals surface area contributed by atoms with Gasteiger partial charge in [0.05, 0.1) is 0 Å². The highest BCUT2D eigenvalue weighted by atomic mass is 32.1. The summed E-state index contributed by atoms with van der Waals surface area (Å²) in [5, 5.41) is 2.20. The molecule has 0 bridgehead atoms. The van der Waals surface area contributed by atoms with Gasteiger partial charge in [-0.2, -0.15) is 0 Å². The number of nitrogens with two attached hydrogens (primary N) is 1. The summed E-state index contributed by atoms with van der Waals surface area (Å²) in [4.78, 5) is 4.13. The molecule has 0 aliphatic carbocycles. The zero-order chi connectivity index (χ0) is 12.4. The minimum absolute atomic E-state index is 0.276. The fraction of sp³-hybridized carbons (Fsp3) is 0.714. The van der Waals surface area contributed by atoms with Crippen molar-refractivity contribution in [2.24, 2.45) is 5.73 Å². The Balaban J connectivity index is 2.16. The molecule has 1 aliphatic heterocycles. The Labute approximate surface area is 109 Å². The number of rotatable bonds is 3. The number of nitrogens with zero attached hydrogens (tertiary/aromatic N) is 1. The predicted molar refractivity (Wildman–Crippen MR) is 75.5 cm³/mol. The first-order valence-corrected chi connectivity index (χ1v) is 7.54. The number of likely N-dealkylation sites (tertiary alicyclic amines) is 1. The maximum Gasteiger partial charge on any atom is 0.0419 e. The second-order valence-corrected chi connectivity index (χ2v) is 6.25. The third kappa shape index (κ3) is 2.72. The van der Waals surface area contributed by atoms with Crippen LogP contribution in [-0.2, 0) is 0 Å². The Morgan fingerprint density at radius 2 is 2.18 bits per heavy atom. The van der Waals surface area contributed by atoms with E-state index in [-0.39, 0.29) is 6.04 Å². The summed E-state index contributed by atoms with van der Waals surface area (Å²) in [7, 11) is 0. The number of aryl methyl sites for hydroxylation is 1. The van der Waals surface area contributed by atoms with E-state index in [4.69, 9.17) is 5.73 Å². The van der Waals surface area contributed by atoms with E-state index in [0.717, 1.165) is 0 Å². The average molecular weight is 252 g/mol. The van der Waals surface area contributed by atoms with E-state index in [1.807, 2.05) is 11.3 Å². The van der Waals surface area contributed by atoms with Gasteiger partial charge in [-0.25, -0.2) is 0 Å². The van der Waals surface area contributed by atoms with Gasteiger partial charge in [-0.3, -0.25) is 4.90 Å². The van der Waals surface area contributed by atoms with Gasteiger partial charge in [0.1, 0.15) is 0 Å². The van der Waals surface area contributed by atoms with Crippen molar-refractivity contribution < 1.29 is 0 Å². The highest BCUT2D eigenvalue weighted by Crippen LogP contribution is 2.33. The van der Waals surface area contributed by atoms with Crippen LogP contribution >= 0.6 is 11.3 Å². The Morgan fingerprint density at radius 1 is 1.41 bits per heavy atom. The van der Waals surface area contributed by atoms with Gasteiger partial charge < -0.3 is 5.73 Å². The molecule has 0 amide bonds. The van der Waals surface area contributed by atoms with Gasteiger partial charge >= 0.3 is 0 Å². The monoisotopic (exact) mass is 252 g/mol. The molecule has 1 fully saturated rings. The minimum Gasteiger partial charge on any atom is -0.327 e. The van der Waals surface area contributed by atoms with Crippen LogP contribution in [0.1, 0.15) is 49.6 Å². The molecule has 0 spiro atoms. The number of hydrogen-bond acceptors (Lipinski definition) is 3. The molecule has 0 saturated carbocycles. The van der Waals surface area contributed by atoms with E-state index in [9.17, 15) is 0 Å². The SMILES string of the molecule is Cc1ccsc1C(C)N1CCCCC1C(C)N. The lowest BCUT2D eigenvalue weighted by Crippen LogP contribution is -2.49. The van der Waals surface area contributed by atoms with Gasteiger partial charge in [-0.15, -0.1) is 11.3 Å². The Bertz CT molecular complexity index is 359. The molecular formula is C14H24N2S. The van der Waals surface area contributed by atoms with Crippen molar-refractivity contribution in [1.82, 2.24) is 4.90 Å². The summed E-state index contributed by atoms with van der Waals surface area (Å²) in [5.74, 6) is 0. The first-order chi connectivity index (χ1) is 8.11. The quantitative estimate of drug-likeness (QED) is 0.894. The smallest absolute Gasteiger partial charge is 0.0419 e. The largest absolute Gasteiger partial charge is 0.327 e. The lowest BCUT2D eigenvalue weighted by molar-refractivity contribution is 0.0903. The predicted octanol–water partition coefficient (Wildman–Crippen LogP) is 3.32. The van der Waals surface area contributed by atoms with E-state index >= 15 is 0 Å². The highest BCUT2D eigenvalue weighted by Gasteiger charge is 2.30. The van der Waals surface area contributed by atoms with Crippen molar-refractivity contribution in [3.05, 3.63) is 21.9 Å². The Kier molecular flexibility index (Phi) is 4.23. The molecule has 1 saturated heterocycles. The topological polar surface area (TPSA) is 29.3 Å². The van der Waals surface area contributed by atoms with Crippen LogP contribution in [0.2, 0.25) is 0 Å². The van der Waals surface area contributed by atoms with Gasteiger partial charge in [0, 0.05) is 23.0 Å². The van der Waals surface area contributed by atoms with Crippen molar-refractivity contribution in [3.8, 4) is 0 Å². The molecule has 3 unspecified atom stereocenters. The van der Waals surface area contributed by atoms with Crippen LogP contribution in [0.3, 0.4) is 0 Å². The van der Waals surface area contributed by atoms with E-state index < -0.39 is 0 Å². The van der Waals surface area contributed by atoms with Gasteiger partial charge in [0.2, 0.25) is 0 Å². The third-order valence-electron chi connectivity index (χ3n) is 3.98. The maximum absolute atomic E-state index is 6.15. The summed E-state index contributed by atoms with van der Waals surface area (Å²) in [6, 6.07) is 3.57. The van der Waals surface area contributed by atoms with Crippen LogP contribution in [0, 0.1) is 6.92 Å². The molecule has 3 atom stereocenters. The summed E-state index contributed by atoms with van der Waals surface area (Å²) >= 11 is 1.88. The molecule has 0 aromatic carbocycles. The number of piperidine rings is 1. The number of thiophene rings is 1. The second-order valence-electron chi connectivity index (χ2n) is 5.30. The van der Waals surface area contributed by atoms with Crippen molar-refractivity contribution in [1.29, 1.82) is 0 Å². The molecule has 1 aromatic rings. The molecule has 2 N–H and O–H groups in total. The fourth-order valence-electron chi connectivity index (χ4n) is 2.99. The van der Waals surface area contributed by atoms with Gasteiger partial charge in [-0.1, -0.05) is 6.42 Å². The van der Waals surface area contributed by atoms with E-state index in [1.165, 1.54) is 36.2 Å². The highest BCUT2D eigenvalue weighted by molar-refractivity contribution is 7.10. The van der Waals surface area contributed by atoms with Crippen molar-refractivity contribution >= 4 is 11.3 Å². The zero-order valence-electron chi connectivity index (χ0n) is 11.1. The average Bonchev–Trinajstić information content (AvgIpc) is 2.74. The standard InChI is InChI=1S/C14H24N2S/c1-10-7-9-17-14(10)12(3)16-8-5-4-6-13(16)11(2)15/h7,9,11-13H,4-6,8,15H2,1-3H3. The van der Waals surface area contributed by atoms with Crippen LogP contribution in [0.5, 0.6) is 0 Å². The summed E-state index contributed by atoms with van der Waals surface area (Å²) in [5.41, 5.74) is 7.58. The van der Waals surface area contributed by atoms with Crippen LogP contribution in [-0.4, -0.2) is 23.5 Å². The Hall–Kier alpha value is -0.380. The maximum atomic E-state index is 6.15. The minimum atomic E-state index is 0.276. The molecule has 96 valence electrons. The lowest BCUT2D eigenvalue weighted by Gasteiger charge is -2.41. The van der Waals surface area contributed by atoms with Crippen molar-refractivity contribution in [2.45, 2.75) is 58.2 Å². The van der Waals surface area contributed by atoms with Crippen molar-refractivity contribution in [3.63, 3.8) is 0 Å². The van der Waals surface area contributed by atoms with Gasteiger partial charge in [0.25, 0.3) is 0 Å². The van der Waals surface area contributed by atoms with Crippen molar-refractivity contribution in [2.75, 3.05) is 6.54 Å². The van der Waals surface area contributed by atoms with Gasteiger partial charge in [-0.05, 0) is 57.2 Å². The summed E-state index contributed by atoms with van der Waals surface area (Å²) in [6.07, 6.45) is 3.91. The molecule has 17 heavy (non-hydrogen) atoms. The first kappa shape index (κ1) is 13.1. The second kappa shape index (κ2) is 5.51. The van der Waals surface area contributed by atoms with Crippen LogP contribution < -0.4 is 5.73 Å².